The van der Waals surface area contributed by atoms with Crippen molar-refractivity contribution in [1.29, 1.82) is 0 Å². The van der Waals surface area contributed by atoms with Crippen LogP contribution in [0.1, 0.15) is 405 Å². The molecule has 0 radical (unpaired) electrons. The predicted octanol–water partition coefficient (Wildman–Crippen LogP) is 32.9. The van der Waals surface area contributed by atoms with Gasteiger partial charge in [0.05, 0.1) is 99.2 Å². The highest BCUT2D eigenvalue weighted by atomic mass is 79.9. The van der Waals surface area contributed by atoms with E-state index in [2.05, 4.69) is 241 Å². The second kappa shape index (κ2) is 62.2. The van der Waals surface area contributed by atoms with Crippen molar-refractivity contribution in [3.63, 3.8) is 0 Å². The highest BCUT2D eigenvalue weighted by Gasteiger charge is 2.55. The van der Waals surface area contributed by atoms with Gasteiger partial charge in [0, 0.05) is 75.1 Å². The number of unbranched alkanes of at least 4 members (excludes halogenated alkanes) is 2. The molecule has 12 aliphatic rings. The average molecular weight is 2070 g/mol. The highest BCUT2D eigenvalue weighted by Crippen LogP contribution is 2.51. The molecule has 9 heterocycles. The van der Waals surface area contributed by atoms with Crippen molar-refractivity contribution in [1.82, 2.24) is 0 Å². The van der Waals surface area contributed by atoms with Crippen LogP contribution in [0, 0.1) is 55.3 Å². The van der Waals surface area contributed by atoms with Crippen LogP contribution in [0.25, 0.3) is 0 Å². The topological polar surface area (TPSA) is 148 Å². The van der Waals surface area contributed by atoms with Gasteiger partial charge in [0.25, 0.3) is 0 Å². The third-order valence-corrected chi connectivity index (χ3v) is 28.6. The Hall–Kier alpha value is -2.12. The molecule has 137 heavy (non-hydrogen) atoms. The van der Waals surface area contributed by atoms with Gasteiger partial charge in [-0.3, -0.25) is 0 Å². The van der Waals surface area contributed by atoms with Gasteiger partial charge < -0.3 is 75.8 Å². The van der Waals surface area contributed by atoms with Crippen molar-refractivity contribution in [2.24, 2.45) is 41.4 Å². The maximum Gasteiger partial charge on any atom is 0.173 e. The zero-order valence-corrected chi connectivity index (χ0v) is 94.8. The van der Waals surface area contributed by atoms with E-state index in [-0.39, 0.29) is 104 Å². The predicted molar refractivity (Wildman–Crippen MR) is 574 cm³/mol. The fourth-order valence-electron chi connectivity index (χ4n) is 20.1. The van der Waals surface area contributed by atoms with Crippen LogP contribution in [0.15, 0.2) is 103 Å². The smallest absolute Gasteiger partial charge is 0.173 e. The van der Waals surface area contributed by atoms with Crippen LogP contribution in [0.4, 0.5) is 0 Å². The number of benzene rings is 4. The number of aryl methyl sites for hydroxylation is 2. The molecule has 0 bridgehead atoms. The number of ether oxygens (including phenoxy) is 16. The van der Waals surface area contributed by atoms with Gasteiger partial charge in [0.15, 0.2) is 40.5 Å². The Morgan fingerprint density at radius 1 is 0.321 bits per heavy atom. The molecular formula is C116H195BrCl4O16. The van der Waals surface area contributed by atoms with Gasteiger partial charge >= 0.3 is 0 Å². The fraction of sp³-hybridized carbons (Fsp3) is 0.793. The SMILES string of the molecule is C.CBr.CC.CC(C)[C@H]1OC(C)(C)O[C@@H]1CCl.CC(C)[C@H]1OC(C)(C)O[C@@H]1c1ccc(Cl)cc1.CC(C)[C@H]1OC2(CCCCC2)O[C@@H]1CCCCl.CC(C)[C@H]1OC2(CCOCC2)O[C@@H]1CCl.CC(C)c1ccccc1.CCCC[C@H]1OC2(CCCC2)O[C@@H]1C(C)C.CCCC[C@H]1OC2(CCOCC2)O[C@@H]1C(C)C.Cc1ccc([C@H]2OC3(CCCC3)O[C@@H]2C(C)C)cc1.Cc1cccc(C(C)C)c1. The summed E-state index contributed by atoms with van der Waals surface area (Å²) in [6.07, 6.45) is 30.4. The van der Waals surface area contributed by atoms with Crippen LogP contribution in [-0.4, -0.2) is 164 Å². The fourth-order valence-corrected chi connectivity index (χ4v) is 20.9. The van der Waals surface area contributed by atoms with E-state index in [4.69, 9.17) is 122 Å². The van der Waals surface area contributed by atoms with Crippen molar-refractivity contribution < 1.29 is 75.8 Å². The van der Waals surface area contributed by atoms with Crippen LogP contribution >= 0.6 is 62.3 Å². The van der Waals surface area contributed by atoms with Gasteiger partial charge in [-0.15, -0.1) is 34.8 Å². The normalized spacial score (nSPS) is 27.8. The Morgan fingerprint density at radius 3 is 0.971 bits per heavy atom. The molecule has 12 fully saturated rings. The Balaban J connectivity index is 0.000000272. The average Bonchev–Trinajstić information content (AvgIpc) is 1.61. The lowest BCUT2D eigenvalue weighted by molar-refractivity contribution is -0.219. The molecule has 16 rings (SSSR count). The molecule has 21 heteroatoms. The zero-order chi connectivity index (χ0) is 101. The molecule has 4 aromatic carbocycles. The van der Waals surface area contributed by atoms with E-state index in [1.165, 1.54) is 105 Å². The summed E-state index contributed by atoms with van der Waals surface area (Å²) in [5.74, 6) is 5.83. The van der Waals surface area contributed by atoms with Crippen LogP contribution in [-0.2, 0) is 75.8 Å². The summed E-state index contributed by atoms with van der Waals surface area (Å²) in [5.41, 5.74) is 7.87. The van der Waals surface area contributed by atoms with Crippen LogP contribution in [0.3, 0.4) is 0 Å². The second-order valence-electron chi connectivity index (χ2n) is 43.2. The van der Waals surface area contributed by atoms with E-state index in [1.54, 1.807) is 0 Å². The molecule has 16 nitrogen and oxygen atoms in total. The number of hydrogen-bond donors (Lipinski definition) is 0. The molecule has 14 atom stereocenters. The molecule has 5 spiro atoms. The lowest BCUT2D eigenvalue weighted by Crippen LogP contribution is -2.38. The summed E-state index contributed by atoms with van der Waals surface area (Å²) >= 11 is 26.3. The number of rotatable bonds is 22. The van der Waals surface area contributed by atoms with Crippen molar-refractivity contribution in [3.05, 3.63) is 142 Å². The Bertz CT molecular complexity index is 3730. The Kier molecular flexibility index (Phi) is 56.9. The van der Waals surface area contributed by atoms with Gasteiger partial charge in [-0.25, -0.2) is 0 Å². The number of alkyl halides is 4. The van der Waals surface area contributed by atoms with E-state index < -0.39 is 17.4 Å². The number of hydrogen-bond acceptors (Lipinski definition) is 16. The van der Waals surface area contributed by atoms with Gasteiger partial charge in [0.1, 0.15) is 24.4 Å². The Labute approximate surface area is 864 Å². The van der Waals surface area contributed by atoms with Crippen LogP contribution in [0.5, 0.6) is 0 Å². The maximum atomic E-state index is 6.39. The van der Waals surface area contributed by atoms with E-state index in [1.807, 2.05) is 77.7 Å². The lowest BCUT2D eigenvalue weighted by Gasteiger charge is -2.32. The third-order valence-electron chi connectivity index (χ3n) is 27.5. The van der Waals surface area contributed by atoms with Crippen molar-refractivity contribution in [3.8, 4) is 0 Å². The Morgan fingerprint density at radius 2 is 0.628 bits per heavy atom. The first-order chi connectivity index (χ1) is 64.6. The molecule has 9 aliphatic heterocycles. The maximum absolute atomic E-state index is 6.39. The monoisotopic (exact) mass is 2060 g/mol. The van der Waals surface area contributed by atoms with Crippen LogP contribution < -0.4 is 0 Å². The van der Waals surface area contributed by atoms with Gasteiger partial charge in [-0.2, -0.15) is 0 Å². The van der Waals surface area contributed by atoms with E-state index >= 15 is 0 Å². The summed E-state index contributed by atoms with van der Waals surface area (Å²) in [4.78, 5) is 0. The third kappa shape index (κ3) is 39.8. The minimum absolute atomic E-state index is 0. The largest absolute Gasteiger partial charge is 0.381 e. The first-order valence-electron chi connectivity index (χ1n) is 53.3. The summed E-state index contributed by atoms with van der Waals surface area (Å²) in [5, 5.41) is 0.744. The molecule has 0 N–H and O–H groups in total. The van der Waals surface area contributed by atoms with Gasteiger partial charge in [-0.1, -0.05) is 322 Å². The highest BCUT2D eigenvalue weighted by molar-refractivity contribution is 9.08. The molecule has 3 aliphatic carbocycles. The standard InChI is InChI=1S/C17H24O2.C14H19ClO2.C14H25ClO2.C14H26O3.C14H26O2.C11H19ClO3.C10H14.C9H17ClO2.C9H12.C2H6.CH3Br.CH4/c1-12(2)15-16(14-8-6-13(3)7-9-14)19-17(18-15)10-4-5-11-17;1-9(2)12-13(17-14(3,4)16-12)10-5-7-11(15)8-6-10;1-11(2)13-12(7-6-10-15)16-14(17-13)8-4-3-5-9-14;1-4-5-6-12-13(11(2)3)17-14(16-12)7-9-15-10-8-14;1-4-5-8-12-13(11(2)3)16-14(15-12)9-6-7-10-14;1-8(2)10-9(7-12)14-11(15-10)3-5-13-6-4-11;1-8(2)10-6-4-5-9(3)7-10;1-6(2)8-7(5-10)11-9(3,4)12-8;1-8(2)9-6-4-3-5-7-9;2*1-2;/h6-9,12,15-16H,4-5,10-11H2,1-3H3;5-9,12-13H,1-4H3;11-13H,3-10H2,1-2H3;11-13H,4-10H2,1-3H3;11-13H,4-10H2,1-3H3;8-10H,3-7H2,1-2H3;4-8H,1-3H3;6-8H,5H2,1-4H3;3-8H,1-2H3;1-2H3;1H3;1H4/t15-,16-;4*12-,13-;9-,10-;;7-,8-;;;;/m111111.1..../s1. The van der Waals surface area contributed by atoms with Crippen molar-refractivity contribution in [2.75, 3.05) is 49.9 Å². The molecule has 0 aromatic heterocycles. The van der Waals surface area contributed by atoms with Gasteiger partial charge in [-0.05, 0) is 199 Å². The first kappa shape index (κ1) is 125. The summed E-state index contributed by atoms with van der Waals surface area (Å²) < 4.78 is 96.4. The van der Waals surface area contributed by atoms with Crippen molar-refractivity contribution in [2.45, 2.75) is 500 Å². The molecule has 4 aromatic rings. The van der Waals surface area contributed by atoms with Crippen molar-refractivity contribution >= 4 is 62.3 Å². The number of halogens is 5. The van der Waals surface area contributed by atoms with Crippen LogP contribution in [0.2, 0.25) is 5.02 Å². The zero-order valence-electron chi connectivity index (χ0n) is 90.1. The molecular weight excluding hydrogens is 1870 g/mol. The minimum atomic E-state index is -0.515. The molecule has 0 unspecified atom stereocenters. The molecule has 790 valence electrons. The minimum Gasteiger partial charge on any atom is -0.381 e. The van der Waals surface area contributed by atoms with E-state index in [0.29, 0.717) is 77.2 Å². The summed E-state index contributed by atoms with van der Waals surface area (Å²) in [7, 11) is 0. The first-order valence-corrected chi connectivity index (χ1v) is 56.8. The molecule has 3 saturated carbocycles. The van der Waals surface area contributed by atoms with Gasteiger partial charge in [0.2, 0.25) is 0 Å². The summed E-state index contributed by atoms with van der Waals surface area (Å²) in [6, 6.07) is 35.7. The van der Waals surface area contributed by atoms with E-state index in [0.717, 1.165) is 126 Å². The summed E-state index contributed by atoms with van der Waals surface area (Å²) in [6.45, 7) is 63.0. The van der Waals surface area contributed by atoms with E-state index in [9.17, 15) is 0 Å². The molecule has 0 amide bonds. The lowest BCUT2D eigenvalue weighted by atomic mass is 9.94. The second-order valence-corrected chi connectivity index (χ2v) is 44.6. The quantitative estimate of drug-likeness (QED) is 0.0687. The molecule has 9 saturated heterocycles.